The second-order valence-electron chi connectivity index (χ2n) is 7.59. The van der Waals surface area contributed by atoms with Gasteiger partial charge in [0.2, 0.25) is 5.91 Å². The summed E-state index contributed by atoms with van der Waals surface area (Å²) in [5.41, 5.74) is 0.378. The Morgan fingerprint density at radius 3 is 2.44 bits per heavy atom. The van der Waals surface area contributed by atoms with Crippen LogP contribution in [0.25, 0.3) is 0 Å². The van der Waals surface area contributed by atoms with E-state index in [9.17, 15) is 14.4 Å². The summed E-state index contributed by atoms with van der Waals surface area (Å²) in [6.45, 7) is 4.76. The van der Waals surface area contributed by atoms with Gasteiger partial charge >= 0.3 is 5.97 Å². The number of hydrogen-bond acceptors (Lipinski definition) is 6. The molecule has 1 fully saturated rings. The lowest BCUT2D eigenvalue weighted by Crippen LogP contribution is -2.57. The lowest BCUT2D eigenvalue weighted by molar-refractivity contribution is -0.151. The Kier molecular flexibility index (Phi) is 8.08. The van der Waals surface area contributed by atoms with Crippen molar-refractivity contribution in [3.8, 4) is 11.5 Å². The van der Waals surface area contributed by atoms with Crippen molar-refractivity contribution >= 4 is 17.8 Å². The van der Waals surface area contributed by atoms with Crippen molar-refractivity contribution in [3.63, 3.8) is 0 Å². The van der Waals surface area contributed by atoms with Gasteiger partial charge in [-0.1, -0.05) is 24.3 Å². The zero-order chi connectivity index (χ0) is 22.9. The Morgan fingerprint density at radius 1 is 1.03 bits per heavy atom. The smallest absolute Gasteiger partial charge is 0.308 e. The minimum Gasteiger partial charge on any atom is -0.490 e. The van der Waals surface area contributed by atoms with E-state index in [1.54, 1.807) is 38.1 Å². The highest BCUT2D eigenvalue weighted by molar-refractivity contribution is 5.99. The molecule has 1 aliphatic rings. The van der Waals surface area contributed by atoms with Gasteiger partial charge in [-0.15, -0.1) is 0 Å². The Labute approximate surface area is 187 Å². The number of nitrogens with zero attached hydrogens (tertiary/aromatic N) is 1. The van der Waals surface area contributed by atoms with Gasteiger partial charge in [0, 0.05) is 18.7 Å². The van der Waals surface area contributed by atoms with Crippen molar-refractivity contribution in [2.75, 3.05) is 26.3 Å². The standard InChI is InChI=1S/C24H28N2O6/c1-17(2)32-22(27)16-21-23(28)25-11-12-26(21)24(29)18-7-6-10-20(15-18)31-14-13-30-19-8-4-3-5-9-19/h3-10,15,17,21H,11-14,16H2,1-2H3,(H,25,28). The number of nitrogens with one attached hydrogen (secondary N) is 1. The predicted molar refractivity (Wildman–Crippen MR) is 118 cm³/mol. The summed E-state index contributed by atoms with van der Waals surface area (Å²) in [7, 11) is 0. The van der Waals surface area contributed by atoms with Gasteiger partial charge in [0.1, 0.15) is 30.8 Å². The fraction of sp³-hybridized carbons (Fsp3) is 0.375. The highest BCUT2D eigenvalue weighted by Crippen LogP contribution is 2.19. The fourth-order valence-electron chi connectivity index (χ4n) is 3.35. The molecule has 1 atom stereocenters. The Morgan fingerprint density at radius 2 is 1.72 bits per heavy atom. The summed E-state index contributed by atoms with van der Waals surface area (Å²) in [4.78, 5) is 39.0. The van der Waals surface area contributed by atoms with Crippen molar-refractivity contribution in [2.45, 2.75) is 32.4 Å². The highest BCUT2D eigenvalue weighted by Gasteiger charge is 2.35. The maximum atomic E-state index is 13.1. The molecule has 1 unspecified atom stereocenters. The topological polar surface area (TPSA) is 94.2 Å². The third kappa shape index (κ3) is 6.47. The average molecular weight is 440 g/mol. The molecule has 2 amide bonds. The second kappa shape index (κ2) is 11.2. The number of ether oxygens (including phenoxy) is 3. The van der Waals surface area contributed by atoms with Crippen LogP contribution < -0.4 is 14.8 Å². The number of benzene rings is 2. The van der Waals surface area contributed by atoms with Crippen molar-refractivity contribution < 1.29 is 28.6 Å². The summed E-state index contributed by atoms with van der Waals surface area (Å²) in [5, 5.41) is 2.71. The van der Waals surface area contributed by atoms with Crippen LogP contribution in [0.3, 0.4) is 0 Å². The summed E-state index contributed by atoms with van der Waals surface area (Å²) >= 11 is 0. The zero-order valence-electron chi connectivity index (χ0n) is 18.3. The lowest BCUT2D eigenvalue weighted by Gasteiger charge is -2.34. The number of hydrogen-bond donors (Lipinski definition) is 1. The molecule has 32 heavy (non-hydrogen) atoms. The molecule has 0 aromatic heterocycles. The molecule has 170 valence electrons. The van der Waals surface area contributed by atoms with Crippen LogP contribution in [0.5, 0.6) is 11.5 Å². The van der Waals surface area contributed by atoms with E-state index >= 15 is 0 Å². The van der Waals surface area contributed by atoms with Crippen LogP contribution in [0.2, 0.25) is 0 Å². The molecule has 1 heterocycles. The van der Waals surface area contributed by atoms with Crippen LogP contribution >= 0.6 is 0 Å². The Balaban J connectivity index is 1.61. The third-order valence-corrected chi connectivity index (χ3v) is 4.76. The van der Waals surface area contributed by atoms with Gasteiger partial charge < -0.3 is 24.4 Å². The largest absolute Gasteiger partial charge is 0.490 e. The molecule has 8 nitrogen and oxygen atoms in total. The number of amides is 2. The van der Waals surface area contributed by atoms with Crippen LogP contribution in [0.1, 0.15) is 30.6 Å². The lowest BCUT2D eigenvalue weighted by atomic mass is 10.1. The summed E-state index contributed by atoms with van der Waals surface area (Å²) in [5.74, 6) is 0.0504. The Hall–Kier alpha value is -3.55. The van der Waals surface area contributed by atoms with Gasteiger partial charge in [0.05, 0.1) is 12.5 Å². The first-order chi connectivity index (χ1) is 15.4. The first kappa shape index (κ1) is 23.1. The molecule has 0 spiro atoms. The number of esters is 1. The molecule has 2 aromatic rings. The molecule has 0 radical (unpaired) electrons. The molecule has 0 saturated carbocycles. The van der Waals surface area contributed by atoms with E-state index in [4.69, 9.17) is 14.2 Å². The van der Waals surface area contributed by atoms with Gasteiger partial charge in [-0.25, -0.2) is 0 Å². The van der Waals surface area contributed by atoms with Crippen LogP contribution in [-0.2, 0) is 14.3 Å². The first-order valence-corrected chi connectivity index (χ1v) is 10.6. The molecule has 3 rings (SSSR count). The van der Waals surface area contributed by atoms with E-state index in [0.717, 1.165) is 5.75 Å². The SMILES string of the molecule is CC(C)OC(=O)CC1C(=O)NCCN1C(=O)c1cccc(OCCOc2ccccc2)c1. The fourth-order valence-corrected chi connectivity index (χ4v) is 3.35. The average Bonchev–Trinajstić information content (AvgIpc) is 2.78. The van der Waals surface area contributed by atoms with Crippen molar-refractivity contribution in [1.29, 1.82) is 0 Å². The van der Waals surface area contributed by atoms with Crippen molar-refractivity contribution in [2.24, 2.45) is 0 Å². The molecule has 8 heteroatoms. The molecule has 1 saturated heterocycles. The van der Waals surface area contributed by atoms with Crippen molar-refractivity contribution in [1.82, 2.24) is 10.2 Å². The van der Waals surface area contributed by atoms with E-state index in [0.29, 0.717) is 37.6 Å². The van der Waals surface area contributed by atoms with E-state index in [-0.39, 0.29) is 24.3 Å². The number of carbonyl (C=O) groups excluding carboxylic acids is 3. The minimum absolute atomic E-state index is 0.192. The molecular weight excluding hydrogens is 412 g/mol. The summed E-state index contributed by atoms with van der Waals surface area (Å²) in [6, 6.07) is 15.3. The van der Waals surface area contributed by atoms with Gasteiger partial charge in [0.15, 0.2) is 0 Å². The van der Waals surface area contributed by atoms with Gasteiger partial charge in [-0.05, 0) is 44.2 Å². The maximum Gasteiger partial charge on any atom is 0.308 e. The third-order valence-electron chi connectivity index (χ3n) is 4.76. The van der Waals surface area contributed by atoms with Crippen LogP contribution in [0.15, 0.2) is 54.6 Å². The molecular formula is C24H28N2O6. The molecule has 0 bridgehead atoms. The quantitative estimate of drug-likeness (QED) is 0.475. The normalized spacial score (nSPS) is 15.8. The first-order valence-electron chi connectivity index (χ1n) is 10.6. The molecule has 1 N–H and O–H groups in total. The predicted octanol–water partition coefficient (Wildman–Crippen LogP) is 2.43. The number of carbonyl (C=O) groups is 3. The van der Waals surface area contributed by atoms with Crippen LogP contribution in [-0.4, -0.2) is 61.1 Å². The van der Waals surface area contributed by atoms with E-state index < -0.39 is 12.0 Å². The maximum absolute atomic E-state index is 13.1. The molecule has 1 aliphatic heterocycles. The van der Waals surface area contributed by atoms with Gasteiger partial charge in [0.25, 0.3) is 5.91 Å². The molecule has 2 aromatic carbocycles. The van der Waals surface area contributed by atoms with Gasteiger partial charge in [-0.2, -0.15) is 0 Å². The zero-order valence-corrected chi connectivity index (χ0v) is 18.3. The van der Waals surface area contributed by atoms with Crippen LogP contribution in [0.4, 0.5) is 0 Å². The van der Waals surface area contributed by atoms with E-state index in [1.807, 2.05) is 30.3 Å². The van der Waals surface area contributed by atoms with Gasteiger partial charge in [-0.3, -0.25) is 14.4 Å². The van der Waals surface area contributed by atoms with E-state index in [1.165, 1.54) is 4.90 Å². The van der Waals surface area contributed by atoms with E-state index in [2.05, 4.69) is 5.32 Å². The highest BCUT2D eigenvalue weighted by atomic mass is 16.5. The minimum atomic E-state index is -0.911. The van der Waals surface area contributed by atoms with Crippen LogP contribution in [0, 0.1) is 0 Å². The second-order valence-corrected chi connectivity index (χ2v) is 7.59. The molecule has 0 aliphatic carbocycles. The van der Waals surface area contributed by atoms with Crippen molar-refractivity contribution in [3.05, 3.63) is 60.2 Å². The number of rotatable bonds is 9. The Bertz CT molecular complexity index is 931. The monoisotopic (exact) mass is 440 g/mol. The summed E-state index contributed by atoms with van der Waals surface area (Å²) < 4.78 is 16.5. The summed E-state index contributed by atoms with van der Waals surface area (Å²) in [6.07, 6.45) is -0.485. The number of piperazine rings is 1. The number of para-hydroxylation sites is 1.